The second-order valence-electron chi connectivity index (χ2n) is 6.80. The Morgan fingerprint density at radius 3 is 2.71 bits per heavy atom. The van der Waals surface area contributed by atoms with Crippen molar-refractivity contribution in [1.82, 2.24) is 9.97 Å². The number of rotatable bonds is 2. The average molecular weight is 317 g/mol. The minimum atomic E-state index is 0.505. The number of benzene rings is 2. The molecular weight excluding hydrogens is 294 g/mol. The molecule has 1 aliphatic rings. The molecule has 2 heterocycles. The Morgan fingerprint density at radius 2 is 1.88 bits per heavy atom. The van der Waals surface area contributed by atoms with E-state index < -0.39 is 0 Å². The average Bonchev–Trinajstić information content (AvgIpc) is 2.61. The van der Waals surface area contributed by atoms with Crippen molar-refractivity contribution in [3.05, 3.63) is 54.1 Å². The molecule has 1 aromatic heterocycles. The first-order valence-electron chi connectivity index (χ1n) is 8.83. The van der Waals surface area contributed by atoms with E-state index in [-0.39, 0.29) is 0 Å². The van der Waals surface area contributed by atoms with Gasteiger partial charge in [-0.15, -0.1) is 0 Å². The zero-order valence-electron chi connectivity index (χ0n) is 14.4. The third kappa shape index (κ3) is 2.75. The third-order valence-electron chi connectivity index (χ3n) is 4.94. The molecule has 3 aromatic rings. The Morgan fingerprint density at radius 1 is 1.00 bits per heavy atom. The molecule has 122 valence electrons. The number of aromatic nitrogens is 2. The summed E-state index contributed by atoms with van der Waals surface area (Å²) in [5, 5.41) is 1.12. The minimum absolute atomic E-state index is 0.505. The predicted octanol–water partition coefficient (Wildman–Crippen LogP) is 4.98. The molecule has 0 saturated carbocycles. The predicted molar refractivity (Wildman–Crippen MR) is 100 cm³/mol. The molecule has 0 N–H and O–H groups in total. The highest BCUT2D eigenvalue weighted by molar-refractivity contribution is 5.93. The van der Waals surface area contributed by atoms with Crippen LogP contribution in [0.15, 0.2) is 48.5 Å². The zero-order valence-corrected chi connectivity index (χ0v) is 14.4. The van der Waals surface area contributed by atoms with Crippen LogP contribution in [0.3, 0.4) is 0 Å². The van der Waals surface area contributed by atoms with Gasteiger partial charge in [-0.3, -0.25) is 0 Å². The van der Waals surface area contributed by atoms with E-state index in [1.165, 1.54) is 30.4 Å². The molecule has 0 bridgehead atoms. The van der Waals surface area contributed by atoms with Crippen molar-refractivity contribution >= 4 is 16.9 Å². The van der Waals surface area contributed by atoms with Crippen LogP contribution in [0.4, 0.5) is 5.95 Å². The molecule has 4 rings (SSSR count). The van der Waals surface area contributed by atoms with E-state index >= 15 is 0 Å². The molecule has 0 radical (unpaired) electrons. The van der Waals surface area contributed by atoms with E-state index in [2.05, 4.69) is 67.3 Å². The van der Waals surface area contributed by atoms with Gasteiger partial charge in [-0.1, -0.05) is 42.0 Å². The fraction of sp³-hybridized carbons (Fsp3) is 0.333. The van der Waals surface area contributed by atoms with Crippen molar-refractivity contribution in [2.45, 2.75) is 39.2 Å². The Labute approximate surface area is 143 Å². The number of para-hydroxylation sites is 1. The van der Waals surface area contributed by atoms with E-state index in [1.807, 2.05) is 0 Å². The van der Waals surface area contributed by atoms with Crippen molar-refractivity contribution in [2.24, 2.45) is 0 Å². The molecular formula is C21H23N3. The highest BCUT2D eigenvalue weighted by Gasteiger charge is 2.22. The van der Waals surface area contributed by atoms with Gasteiger partial charge in [-0.05, 0) is 45.2 Å². The van der Waals surface area contributed by atoms with Crippen LogP contribution in [0.25, 0.3) is 22.2 Å². The van der Waals surface area contributed by atoms with Crippen LogP contribution in [-0.4, -0.2) is 22.6 Å². The molecule has 0 amide bonds. The lowest BCUT2D eigenvalue weighted by Crippen LogP contribution is -2.38. The van der Waals surface area contributed by atoms with E-state index in [4.69, 9.17) is 9.97 Å². The van der Waals surface area contributed by atoms with Gasteiger partial charge in [0.1, 0.15) is 0 Å². The Hall–Kier alpha value is -2.42. The molecule has 0 spiro atoms. The van der Waals surface area contributed by atoms with Crippen LogP contribution in [0.1, 0.15) is 31.7 Å². The number of piperidine rings is 1. The number of hydrogen-bond acceptors (Lipinski definition) is 3. The number of anilines is 1. The molecule has 0 aliphatic carbocycles. The van der Waals surface area contributed by atoms with Crippen LogP contribution in [0, 0.1) is 6.92 Å². The molecule has 1 fully saturated rings. The van der Waals surface area contributed by atoms with Gasteiger partial charge in [0.15, 0.2) is 0 Å². The maximum Gasteiger partial charge on any atom is 0.226 e. The quantitative estimate of drug-likeness (QED) is 0.667. The Balaban J connectivity index is 1.91. The summed E-state index contributed by atoms with van der Waals surface area (Å²) in [6, 6.07) is 17.4. The monoisotopic (exact) mass is 317 g/mol. The first kappa shape index (κ1) is 15.1. The van der Waals surface area contributed by atoms with Gasteiger partial charge in [-0.25, -0.2) is 9.97 Å². The summed E-state index contributed by atoms with van der Waals surface area (Å²) >= 11 is 0. The van der Waals surface area contributed by atoms with E-state index in [9.17, 15) is 0 Å². The van der Waals surface area contributed by atoms with Crippen molar-refractivity contribution in [2.75, 3.05) is 11.4 Å². The molecule has 1 aliphatic heterocycles. The van der Waals surface area contributed by atoms with Crippen molar-refractivity contribution in [1.29, 1.82) is 0 Å². The lowest BCUT2D eigenvalue weighted by atomic mass is 10.0. The summed E-state index contributed by atoms with van der Waals surface area (Å²) in [5.74, 6) is 0.873. The first-order chi connectivity index (χ1) is 11.7. The van der Waals surface area contributed by atoms with Gasteiger partial charge >= 0.3 is 0 Å². The molecule has 2 aromatic carbocycles. The highest BCUT2D eigenvalue weighted by atomic mass is 15.3. The van der Waals surface area contributed by atoms with Gasteiger partial charge < -0.3 is 4.90 Å². The standard InChI is InChI=1S/C21H23N3/c1-15-8-7-10-17(14-15)20-18-11-3-4-12-19(18)22-21(23-20)24-13-6-5-9-16(24)2/h3-4,7-8,10-12,14,16H,5-6,9,13H2,1-2H3/t16-/m0/s1. The summed E-state index contributed by atoms with van der Waals surface area (Å²) in [7, 11) is 0. The summed E-state index contributed by atoms with van der Waals surface area (Å²) in [4.78, 5) is 12.2. The summed E-state index contributed by atoms with van der Waals surface area (Å²) < 4.78 is 0. The van der Waals surface area contributed by atoms with Crippen LogP contribution < -0.4 is 4.90 Å². The van der Waals surface area contributed by atoms with Crippen molar-refractivity contribution in [3.63, 3.8) is 0 Å². The maximum atomic E-state index is 5.00. The lowest BCUT2D eigenvalue weighted by Gasteiger charge is -2.33. The number of hydrogen-bond donors (Lipinski definition) is 0. The molecule has 24 heavy (non-hydrogen) atoms. The van der Waals surface area contributed by atoms with Gasteiger partial charge in [0.05, 0.1) is 11.2 Å². The maximum absolute atomic E-state index is 5.00. The Bertz CT molecular complexity index is 872. The second kappa shape index (κ2) is 6.23. The molecule has 1 atom stereocenters. The van der Waals surface area contributed by atoms with Crippen LogP contribution in [-0.2, 0) is 0 Å². The van der Waals surface area contributed by atoms with Gasteiger partial charge in [0.2, 0.25) is 5.95 Å². The van der Waals surface area contributed by atoms with E-state index in [0.717, 1.165) is 29.1 Å². The third-order valence-corrected chi connectivity index (χ3v) is 4.94. The molecule has 0 unspecified atom stereocenters. The summed E-state index contributed by atoms with van der Waals surface area (Å²) in [6.45, 7) is 5.46. The molecule has 3 heteroatoms. The van der Waals surface area contributed by atoms with Crippen LogP contribution in [0.2, 0.25) is 0 Å². The second-order valence-corrected chi connectivity index (χ2v) is 6.80. The van der Waals surface area contributed by atoms with E-state index in [0.29, 0.717) is 6.04 Å². The highest BCUT2D eigenvalue weighted by Crippen LogP contribution is 2.30. The number of fused-ring (bicyclic) bond motifs is 1. The van der Waals surface area contributed by atoms with Crippen molar-refractivity contribution < 1.29 is 0 Å². The fourth-order valence-electron chi connectivity index (χ4n) is 3.60. The van der Waals surface area contributed by atoms with Gasteiger partial charge in [-0.2, -0.15) is 0 Å². The SMILES string of the molecule is Cc1cccc(-c2nc(N3CCCC[C@@H]3C)nc3ccccc23)c1. The number of aryl methyl sites for hydroxylation is 1. The van der Waals surface area contributed by atoms with Crippen LogP contribution in [0.5, 0.6) is 0 Å². The smallest absolute Gasteiger partial charge is 0.226 e. The minimum Gasteiger partial charge on any atom is -0.338 e. The van der Waals surface area contributed by atoms with E-state index in [1.54, 1.807) is 0 Å². The topological polar surface area (TPSA) is 29.0 Å². The Kier molecular flexibility index (Phi) is 3.93. The summed E-state index contributed by atoms with van der Waals surface area (Å²) in [5.41, 5.74) is 4.48. The largest absolute Gasteiger partial charge is 0.338 e. The lowest BCUT2D eigenvalue weighted by molar-refractivity contribution is 0.478. The zero-order chi connectivity index (χ0) is 16.5. The van der Waals surface area contributed by atoms with Gasteiger partial charge in [0, 0.05) is 23.5 Å². The molecule has 1 saturated heterocycles. The molecule has 3 nitrogen and oxygen atoms in total. The summed E-state index contributed by atoms with van der Waals surface area (Å²) in [6.07, 6.45) is 3.74. The van der Waals surface area contributed by atoms with Crippen molar-refractivity contribution in [3.8, 4) is 11.3 Å². The first-order valence-corrected chi connectivity index (χ1v) is 8.83. The van der Waals surface area contributed by atoms with Crippen LogP contribution >= 0.6 is 0 Å². The number of nitrogens with zero attached hydrogens (tertiary/aromatic N) is 3. The fourth-order valence-corrected chi connectivity index (χ4v) is 3.60. The van der Waals surface area contributed by atoms with Gasteiger partial charge in [0.25, 0.3) is 0 Å². The normalized spacial score (nSPS) is 18.1.